The predicted molar refractivity (Wildman–Crippen MR) is 99.3 cm³/mol. The van der Waals surface area contributed by atoms with E-state index in [0.717, 1.165) is 29.6 Å². The fraction of sp³-hybridized carbons (Fsp3) is 0.913. The topological polar surface area (TPSA) is 0 Å². The first-order chi connectivity index (χ1) is 11.0. The summed E-state index contributed by atoms with van der Waals surface area (Å²) < 4.78 is 0. The zero-order valence-corrected chi connectivity index (χ0v) is 16.0. The molecule has 0 bridgehead atoms. The van der Waals surface area contributed by atoms with E-state index in [1.54, 1.807) is 31.3 Å². The van der Waals surface area contributed by atoms with Gasteiger partial charge < -0.3 is 0 Å². The van der Waals surface area contributed by atoms with Gasteiger partial charge >= 0.3 is 0 Å². The van der Waals surface area contributed by atoms with Gasteiger partial charge in [-0.25, -0.2) is 0 Å². The van der Waals surface area contributed by atoms with E-state index in [0.29, 0.717) is 10.8 Å². The van der Waals surface area contributed by atoms with Crippen LogP contribution in [0.2, 0.25) is 0 Å². The highest BCUT2D eigenvalue weighted by atomic mass is 14.6. The zero-order valence-electron chi connectivity index (χ0n) is 16.0. The van der Waals surface area contributed by atoms with Crippen LogP contribution in [0.15, 0.2) is 11.6 Å². The van der Waals surface area contributed by atoms with E-state index in [1.807, 2.05) is 0 Å². The molecule has 0 aromatic rings. The van der Waals surface area contributed by atoms with Gasteiger partial charge in [0, 0.05) is 0 Å². The summed E-state index contributed by atoms with van der Waals surface area (Å²) in [4.78, 5) is 0. The molecule has 0 radical (unpaired) electrons. The molecule has 4 rings (SSSR count). The highest BCUT2D eigenvalue weighted by Crippen LogP contribution is 2.68. The minimum absolute atomic E-state index is 0.621. The van der Waals surface area contributed by atoms with Crippen LogP contribution < -0.4 is 0 Å². The molecule has 0 spiro atoms. The molecule has 4 fully saturated rings. The quantitative estimate of drug-likeness (QED) is 0.457. The molecular weight excluding hydrogens is 276 g/mol. The van der Waals surface area contributed by atoms with E-state index in [4.69, 9.17) is 0 Å². The lowest BCUT2D eigenvalue weighted by molar-refractivity contribution is -0.108. The van der Waals surface area contributed by atoms with Crippen LogP contribution in [0.3, 0.4) is 0 Å². The lowest BCUT2D eigenvalue weighted by Gasteiger charge is -2.60. The highest BCUT2D eigenvalue weighted by Gasteiger charge is 2.59. The van der Waals surface area contributed by atoms with Crippen LogP contribution >= 0.6 is 0 Å². The molecule has 0 aromatic heterocycles. The predicted octanol–water partition coefficient (Wildman–Crippen LogP) is 7.00. The van der Waals surface area contributed by atoms with Crippen molar-refractivity contribution in [1.29, 1.82) is 0 Å². The van der Waals surface area contributed by atoms with Crippen LogP contribution in [-0.2, 0) is 0 Å². The summed E-state index contributed by atoms with van der Waals surface area (Å²) in [6.07, 6.45) is 17.7. The minimum atomic E-state index is 0.621. The summed E-state index contributed by atoms with van der Waals surface area (Å²) in [5, 5.41) is 0. The lowest BCUT2D eigenvalue weighted by Crippen LogP contribution is -2.52. The number of rotatable bonds is 1. The average Bonchev–Trinajstić information content (AvgIpc) is 2.91. The van der Waals surface area contributed by atoms with E-state index in [-0.39, 0.29) is 0 Å². The first-order valence-electron chi connectivity index (χ1n) is 10.6. The molecule has 0 heterocycles. The third-order valence-corrected chi connectivity index (χ3v) is 9.59. The van der Waals surface area contributed by atoms with Crippen molar-refractivity contribution in [2.75, 3.05) is 0 Å². The molecule has 23 heavy (non-hydrogen) atoms. The van der Waals surface area contributed by atoms with E-state index in [1.165, 1.54) is 38.5 Å². The van der Waals surface area contributed by atoms with Gasteiger partial charge in [0.25, 0.3) is 0 Å². The Hall–Kier alpha value is -0.260. The zero-order chi connectivity index (χ0) is 16.2. The van der Waals surface area contributed by atoms with Crippen molar-refractivity contribution in [3.63, 3.8) is 0 Å². The van der Waals surface area contributed by atoms with Gasteiger partial charge in [-0.1, -0.05) is 38.3 Å². The van der Waals surface area contributed by atoms with Crippen LogP contribution in [0.25, 0.3) is 0 Å². The Bertz CT molecular complexity index is 488. The Morgan fingerprint density at radius 3 is 2.39 bits per heavy atom. The maximum absolute atomic E-state index is 2.71. The number of allylic oxidation sites excluding steroid dienone is 2. The highest BCUT2D eigenvalue weighted by molar-refractivity contribution is 5.16. The molecule has 0 saturated heterocycles. The molecule has 0 aromatic carbocycles. The third kappa shape index (κ3) is 2.22. The van der Waals surface area contributed by atoms with Crippen LogP contribution in [0.1, 0.15) is 91.9 Å². The first kappa shape index (κ1) is 16.2. The summed E-state index contributed by atoms with van der Waals surface area (Å²) in [5.41, 5.74) is 3.01. The molecule has 4 aliphatic rings. The maximum atomic E-state index is 2.71. The Balaban J connectivity index is 1.62. The summed E-state index contributed by atoms with van der Waals surface area (Å²) >= 11 is 0. The maximum Gasteiger partial charge on any atom is -0.0149 e. The Morgan fingerprint density at radius 2 is 1.61 bits per heavy atom. The van der Waals surface area contributed by atoms with Crippen LogP contribution in [0.4, 0.5) is 0 Å². The SMILES string of the molecule is C/C=C(/C)C1CCC2C3CCC4CCCCC4(C)C3CCC12C. The van der Waals surface area contributed by atoms with Crippen molar-refractivity contribution in [3.05, 3.63) is 11.6 Å². The van der Waals surface area contributed by atoms with E-state index in [9.17, 15) is 0 Å². The van der Waals surface area contributed by atoms with Gasteiger partial charge in [0.2, 0.25) is 0 Å². The van der Waals surface area contributed by atoms with Gasteiger partial charge in [0.15, 0.2) is 0 Å². The van der Waals surface area contributed by atoms with Crippen molar-refractivity contribution < 1.29 is 0 Å². The van der Waals surface area contributed by atoms with E-state index >= 15 is 0 Å². The van der Waals surface area contributed by atoms with Crippen molar-refractivity contribution in [2.45, 2.75) is 91.9 Å². The Kier molecular flexibility index (Phi) is 3.97. The summed E-state index contributed by atoms with van der Waals surface area (Å²) in [6, 6.07) is 0. The Labute approximate surface area is 144 Å². The number of fused-ring (bicyclic) bond motifs is 5. The number of hydrogen-bond acceptors (Lipinski definition) is 0. The lowest BCUT2D eigenvalue weighted by atomic mass is 9.44. The van der Waals surface area contributed by atoms with Gasteiger partial charge in [-0.05, 0) is 106 Å². The van der Waals surface area contributed by atoms with Crippen LogP contribution in [0.5, 0.6) is 0 Å². The minimum Gasteiger partial charge on any atom is -0.0884 e. The number of hydrogen-bond donors (Lipinski definition) is 0. The largest absolute Gasteiger partial charge is 0.0884 e. The van der Waals surface area contributed by atoms with Crippen LogP contribution in [-0.4, -0.2) is 0 Å². The molecule has 0 aliphatic heterocycles. The summed E-state index contributed by atoms with van der Waals surface area (Å²) in [5.74, 6) is 5.10. The first-order valence-corrected chi connectivity index (χ1v) is 10.6. The van der Waals surface area contributed by atoms with E-state index < -0.39 is 0 Å². The molecular formula is C23H38. The molecule has 7 atom stereocenters. The van der Waals surface area contributed by atoms with Gasteiger partial charge in [0.1, 0.15) is 0 Å². The second-order valence-electron chi connectivity index (χ2n) is 10.1. The monoisotopic (exact) mass is 314 g/mol. The van der Waals surface area contributed by atoms with Gasteiger partial charge in [-0.3, -0.25) is 0 Å². The van der Waals surface area contributed by atoms with Gasteiger partial charge in [-0.15, -0.1) is 0 Å². The van der Waals surface area contributed by atoms with Crippen molar-refractivity contribution in [1.82, 2.24) is 0 Å². The second-order valence-corrected chi connectivity index (χ2v) is 10.1. The molecule has 0 nitrogen and oxygen atoms in total. The van der Waals surface area contributed by atoms with Crippen molar-refractivity contribution in [3.8, 4) is 0 Å². The fourth-order valence-corrected chi connectivity index (χ4v) is 8.24. The summed E-state index contributed by atoms with van der Waals surface area (Å²) in [6.45, 7) is 10.0. The second kappa shape index (κ2) is 5.63. The normalized spacial score (nSPS) is 53.4. The van der Waals surface area contributed by atoms with Gasteiger partial charge in [0.05, 0.1) is 0 Å². The smallest absolute Gasteiger partial charge is 0.0149 e. The molecule has 7 unspecified atom stereocenters. The average molecular weight is 315 g/mol. The molecule has 130 valence electrons. The van der Waals surface area contributed by atoms with Crippen LogP contribution in [0, 0.1) is 40.4 Å². The third-order valence-electron chi connectivity index (χ3n) is 9.59. The standard InChI is InChI=1S/C23H38/c1-5-16(2)19-11-12-20-18-10-9-17-8-6-7-14-22(17,3)21(18)13-15-23(19,20)4/h5,17-21H,6-15H2,1-4H3/b16-5-. The van der Waals surface area contributed by atoms with Gasteiger partial charge in [-0.2, -0.15) is 0 Å². The molecule has 0 N–H and O–H groups in total. The molecule has 0 amide bonds. The van der Waals surface area contributed by atoms with Crippen molar-refractivity contribution >= 4 is 0 Å². The van der Waals surface area contributed by atoms with Crippen molar-refractivity contribution in [2.24, 2.45) is 40.4 Å². The molecule has 0 heteroatoms. The Morgan fingerprint density at radius 1 is 0.826 bits per heavy atom. The molecule has 4 saturated carbocycles. The molecule has 4 aliphatic carbocycles. The summed E-state index contributed by atoms with van der Waals surface area (Å²) in [7, 11) is 0. The fourth-order valence-electron chi connectivity index (χ4n) is 8.24. The van der Waals surface area contributed by atoms with E-state index in [2.05, 4.69) is 33.8 Å².